The number of benzene rings is 1. The van der Waals surface area contributed by atoms with Crippen LogP contribution in [0.15, 0.2) is 30.6 Å². The molecule has 1 aromatic heterocycles. The van der Waals surface area contributed by atoms with Gasteiger partial charge in [0.25, 0.3) is 0 Å². The second kappa shape index (κ2) is 5.57. The highest BCUT2D eigenvalue weighted by Crippen LogP contribution is 2.24. The summed E-state index contributed by atoms with van der Waals surface area (Å²) in [5.74, 6) is 0.0937. The molecule has 1 aromatic carbocycles. The maximum atomic E-state index is 13.3. The van der Waals surface area contributed by atoms with Gasteiger partial charge >= 0.3 is 0 Å². The normalized spacial score (nSPS) is 10.0. The Bertz CT molecular complexity index is 620. The van der Waals surface area contributed by atoms with Crippen molar-refractivity contribution in [2.45, 2.75) is 0 Å². The first kappa shape index (κ1) is 13.2. The molecule has 0 unspecified atom stereocenters. The number of methoxy groups -OCH3 is 1. The van der Waals surface area contributed by atoms with Crippen LogP contribution in [0.5, 0.6) is 5.75 Å². The van der Waals surface area contributed by atoms with E-state index in [0.717, 1.165) is 0 Å². The molecule has 0 aliphatic carbocycles. The van der Waals surface area contributed by atoms with Gasteiger partial charge in [-0.05, 0) is 12.1 Å². The van der Waals surface area contributed by atoms with Crippen molar-refractivity contribution in [2.75, 3.05) is 12.4 Å². The summed E-state index contributed by atoms with van der Waals surface area (Å²) in [5.41, 5.74) is 6.52. The smallest absolute Gasteiger partial charge is 0.165 e. The third-order valence-corrected chi connectivity index (χ3v) is 2.54. The minimum atomic E-state index is -0.443. The van der Waals surface area contributed by atoms with Gasteiger partial charge < -0.3 is 15.8 Å². The average molecular weight is 278 g/mol. The maximum absolute atomic E-state index is 13.3. The second-order valence-corrected chi connectivity index (χ2v) is 4.03. The van der Waals surface area contributed by atoms with Gasteiger partial charge in [0.15, 0.2) is 17.4 Å². The molecule has 5 nitrogen and oxygen atoms in total. The fourth-order valence-electron chi connectivity index (χ4n) is 1.48. The molecule has 0 amide bonds. The van der Waals surface area contributed by atoms with E-state index in [1.54, 1.807) is 6.07 Å². The molecule has 0 spiro atoms. The third-order valence-electron chi connectivity index (χ3n) is 2.35. The molecular formula is C12H11FN4OS. The quantitative estimate of drug-likeness (QED) is 0.833. The number of hydrogen-bond acceptors (Lipinski definition) is 5. The lowest BCUT2D eigenvalue weighted by Crippen LogP contribution is -2.14. The van der Waals surface area contributed by atoms with Crippen LogP contribution in [0.1, 0.15) is 5.69 Å². The molecule has 0 aliphatic rings. The zero-order valence-corrected chi connectivity index (χ0v) is 10.9. The van der Waals surface area contributed by atoms with E-state index in [1.165, 1.54) is 31.6 Å². The minimum absolute atomic E-state index is 0.129. The lowest BCUT2D eigenvalue weighted by molar-refractivity contribution is 0.387. The molecule has 98 valence electrons. The molecule has 7 heteroatoms. The van der Waals surface area contributed by atoms with E-state index in [0.29, 0.717) is 17.2 Å². The fourth-order valence-corrected chi connectivity index (χ4v) is 1.63. The van der Waals surface area contributed by atoms with Gasteiger partial charge in [-0.2, -0.15) is 0 Å². The van der Waals surface area contributed by atoms with Crippen molar-refractivity contribution in [1.29, 1.82) is 0 Å². The highest BCUT2D eigenvalue weighted by molar-refractivity contribution is 7.80. The number of hydrogen-bond donors (Lipinski definition) is 2. The molecule has 0 radical (unpaired) electrons. The Labute approximate surface area is 114 Å². The molecule has 0 atom stereocenters. The van der Waals surface area contributed by atoms with Crippen LogP contribution in [0, 0.1) is 5.82 Å². The van der Waals surface area contributed by atoms with E-state index in [-0.39, 0.29) is 10.7 Å². The van der Waals surface area contributed by atoms with Crippen LogP contribution >= 0.6 is 12.2 Å². The average Bonchev–Trinajstić information content (AvgIpc) is 2.41. The van der Waals surface area contributed by atoms with E-state index >= 15 is 0 Å². The first-order valence-electron chi connectivity index (χ1n) is 5.33. The minimum Gasteiger partial charge on any atom is -0.494 e. The zero-order valence-electron chi connectivity index (χ0n) is 10.1. The summed E-state index contributed by atoms with van der Waals surface area (Å²) in [6, 6.07) is 4.35. The van der Waals surface area contributed by atoms with E-state index in [1.807, 2.05) is 0 Å². The summed E-state index contributed by atoms with van der Waals surface area (Å²) in [7, 11) is 1.39. The first-order valence-corrected chi connectivity index (χ1v) is 5.74. The van der Waals surface area contributed by atoms with Gasteiger partial charge in [-0.3, -0.25) is 0 Å². The number of nitrogens with one attached hydrogen (secondary N) is 1. The highest BCUT2D eigenvalue weighted by atomic mass is 32.1. The maximum Gasteiger partial charge on any atom is 0.165 e. The monoisotopic (exact) mass is 278 g/mol. The lowest BCUT2D eigenvalue weighted by atomic mass is 10.2. The molecule has 19 heavy (non-hydrogen) atoms. The number of rotatable bonds is 4. The molecule has 3 N–H and O–H groups in total. The summed E-state index contributed by atoms with van der Waals surface area (Å²) >= 11 is 4.89. The van der Waals surface area contributed by atoms with Crippen LogP contribution in [0.25, 0.3) is 0 Å². The summed E-state index contributed by atoms with van der Waals surface area (Å²) in [4.78, 5) is 8.26. The van der Waals surface area contributed by atoms with E-state index in [4.69, 9.17) is 22.7 Å². The lowest BCUT2D eigenvalue weighted by Gasteiger charge is -2.10. The van der Waals surface area contributed by atoms with Crippen LogP contribution in [0.3, 0.4) is 0 Å². The number of nitrogens with two attached hydrogens (primary N) is 1. The zero-order chi connectivity index (χ0) is 13.8. The van der Waals surface area contributed by atoms with Crippen molar-refractivity contribution >= 4 is 28.7 Å². The first-order chi connectivity index (χ1) is 9.11. The van der Waals surface area contributed by atoms with Crippen LogP contribution in [-0.2, 0) is 0 Å². The Morgan fingerprint density at radius 2 is 2.11 bits per heavy atom. The van der Waals surface area contributed by atoms with Gasteiger partial charge in [-0.15, -0.1) is 0 Å². The van der Waals surface area contributed by atoms with Crippen LogP contribution in [0.4, 0.5) is 15.9 Å². The molecule has 2 aromatic rings. The standard InChI is InChI=1S/C12H11FN4OS/c1-18-9-6-7(2-3-8(9)13)17-12-10(11(14)19)15-4-5-16-12/h2-6H,1H3,(H2,14,19)(H,16,17). The summed E-state index contributed by atoms with van der Waals surface area (Å²) in [6.45, 7) is 0. The molecular weight excluding hydrogens is 267 g/mol. The number of aromatic nitrogens is 2. The van der Waals surface area contributed by atoms with Gasteiger partial charge in [0.05, 0.1) is 7.11 Å². The molecule has 0 aliphatic heterocycles. The molecule has 0 fully saturated rings. The topological polar surface area (TPSA) is 73.1 Å². The Kier molecular flexibility index (Phi) is 3.86. The molecule has 1 heterocycles. The SMILES string of the molecule is COc1cc(Nc2nccnc2C(N)=S)ccc1F. The molecule has 2 rings (SSSR count). The summed E-state index contributed by atoms with van der Waals surface area (Å²) < 4.78 is 18.2. The third kappa shape index (κ3) is 2.94. The second-order valence-electron chi connectivity index (χ2n) is 3.59. The van der Waals surface area contributed by atoms with E-state index < -0.39 is 5.82 Å². The fraction of sp³-hybridized carbons (Fsp3) is 0.0833. The number of nitrogens with zero attached hydrogens (tertiary/aromatic N) is 2. The molecule has 0 saturated heterocycles. The summed E-state index contributed by atoms with van der Waals surface area (Å²) in [5, 5.41) is 2.97. The summed E-state index contributed by atoms with van der Waals surface area (Å²) in [6.07, 6.45) is 3.00. The van der Waals surface area contributed by atoms with E-state index in [2.05, 4.69) is 15.3 Å². The number of ether oxygens (including phenoxy) is 1. The van der Waals surface area contributed by atoms with Crippen molar-refractivity contribution in [3.8, 4) is 5.75 Å². The van der Waals surface area contributed by atoms with Crippen LogP contribution < -0.4 is 15.8 Å². The van der Waals surface area contributed by atoms with Crippen molar-refractivity contribution in [3.05, 3.63) is 42.1 Å². The predicted octanol–water partition coefficient (Wildman–Crippen LogP) is 2.00. The van der Waals surface area contributed by atoms with Gasteiger partial charge in [0, 0.05) is 24.1 Å². The Hall–Kier alpha value is -2.28. The van der Waals surface area contributed by atoms with Crippen molar-refractivity contribution in [2.24, 2.45) is 5.73 Å². The van der Waals surface area contributed by atoms with E-state index in [9.17, 15) is 4.39 Å². The van der Waals surface area contributed by atoms with Gasteiger partial charge in [0.2, 0.25) is 0 Å². The van der Waals surface area contributed by atoms with Gasteiger partial charge in [0.1, 0.15) is 10.7 Å². The number of halogens is 1. The highest BCUT2D eigenvalue weighted by Gasteiger charge is 2.09. The predicted molar refractivity (Wildman–Crippen MR) is 74.2 cm³/mol. The Morgan fingerprint density at radius 3 is 2.79 bits per heavy atom. The molecule has 0 bridgehead atoms. The van der Waals surface area contributed by atoms with Crippen molar-refractivity contribution in [3.63, 3.8) is 0 Å². The number of anilines is 2. The van der Waals surface area contributed by atoms with Crippen LogP contribution in [-0.4, -0.2) is 22.1 Å². The Morgan fingerprint density at radius 1 is 1.37 bits per heavy atom. The Balaban J connectivity index is 2.34. The van der Waals surface area contributed by atoms with Gasteiger partial charge in [-0.1, -0.05) is 12.2 Å². The molecule has 0 saturated carbocycles. The van der Waals surface area contributed by atoms with Gasteiger partial charge in [-0.25, -0.2) is 14.4 Å². The van der Waals surface area contributed by atoms with Crippen LogP contribution in [0.2, 0.25) is 0 Å². The van der Waals surface area contributed by atoms with Crippen molar-refractivity contribution < 1.29 is 9.13 Å². The number of thiocarbonyl (C=S) groups is 1. The van der Waals surface area contributed by atoms with Crippen molar-refractivity contribution in [1.82, 2.24) is 9.97 Å². The largest absolute Gasteiger partial charge is 0.494 e.